The third-order valence-electron chi connectivity index (χ3n) is 2.77. The first-order valence-corrected chi connectivity index (χ1v) is 6.28. The Morgan fingerprint density at radius 2 is 2.44 bits per heavy atom. The molecule has 1 aliphatic heterocycles. The zero-order valence-corrected chi connectivity index (χ0v) is 10.0. The molecule has 0 unspecified atom stereocenters. The molecule has 0 spiro atoms. The SMILES string of the molecule is O=Cc1cc2c(s1)CCCn1ncc(Cl)c1-2. The van der Waals surface area contributed by atoms with Crippen LogP contribution >= 0.6 is 22.9 Å². The molecule has 0 atom stereocenters. The highest BCUT2D eigenvalue weighted by Crippen LogP contribution is 2.37. The van der Waals surface area contributed by atoms with Gasteiger partial charge < -0.3 is 0 Å². The smallest absolute Gasteiger partial charge is 0.160 e. The number of hydrogen-bond donors (Lipinski definition) is 0. The van der Waals surface area contributed by atoms with Gasteiger partial charge in [-0.2, -0.15) is 5.10 Å². The molecule has 0 N–H and O–H groups in total. The van der Waals surface area contributed by atoms with E-state index in [0.29, 0.717) is 5.02 Å². The van der Waals surface area contributed by atoms with Gasteiger partial charge in [-0.3, -0.25) is 9.48 Å². The highest BCUT2D eigenvalue weighted by molar-refractivity contribution is 7.14. The monoisotopic (exact) mass is 252 g/mol. The predicted molar refractivity (Wildman–Crippen MR) is 64.3 cm³/mol. The minimum absolute atomic E-state index is 0.665. The summed E-state index contributed by atoms with van der Waals surface area (Å²) < 4.78 is 1.93. The molecule has 82 valence electrons. The number of thiophene rings is 1. The fourth-order valence-corrected chi connectivity index (χ4v) is 3.35. The number of aldehydes is 1. The Kier molecular flexibility index (Phi) is 2.33. The number of aryl methyl sites for hydroxylation is 2. The molecule has 0 aliphatic carbocycles. The van der Waals surface area contributed by atoms with E-state index in [9.17, 15) is 4.79 Å². The van der Waals surface area contributed by atoms with E-state index >= 15 is 0 Å². The molecule has 0 saturated carbocycles. The van der Waals surface area contributed by atoms with Crippen molar-refractivity contribution in [2.45, 2.75) is 19.4 Å². The Labute approximate surface area is 102 Å². The van der Waals surface area contributed by atoms with E-state index in [1.54, 1.807) is 17.5 Å². The second-order valence-electron chi connectivity index (χ2n) is 3.77. The molecule has 3 nitrogen and oxygen atoms in total. The van der Waals surface area contributed by atoms with Crippen LogP contribution in [0.1, 0.15) is 21.0 Å². The Morgan fingerprint density at radius 3 is 3.25 bits per heavy atom. The zero-order chi connectivity index (χ0) is 11.1. The van der Waals surface area contributed by atoms with Gasteiger partial charge in [-0.15, -0.1) is 11.3 Å². The van der Waals surface area contributed by atoms with Crippen LogP contribution in [0.2, 0.25) is 5.02 Å². The Bertz CT molecular complexity index is 558. The molecule has 2 aromatic rings. The van der Waals surface area contributed by atoms with Crippen LogP contribution in [0.25, 0.3) is 11.3 Å². The standard InChI is InChI=1S/C11H9ClN2OS/c12-9-5-13-14-3-1-2-10-8(11(9)14)4-7(6-15)16-10/h4-6H,1-3H2. The maximum absolute atomic E-state index is 10.8. The number of rotatable bonds is 1. The van der Waals surface area contributed by atoms with Gasteiger partial charge in [-0.25, -0.2) is 0 Å². The molecule has 0 amide bonds. The van der Waals surface area contributed by atoms with Gasteiger partial charge in [0.05, 0.1) is 21.8 Å². The average Bonchev–Trinajstić information content (AvgIpc) is 2.79. The highest BCUT2D eigenvalue weighted by Gasteiger charge is 2.20. The van der Waals surface area contributed by atoms with Crippen LogP contribution < -0.4 is 0 Å². The fraction of sp³-hybridized carbons (Fsp3) is 0.273. The van der Waals surface area contributed by atoms with Crippen LogP contribution in [-0.2, 0) is 13.0 Å². The second-order valence-corrected chi connectivity index (χ2v) is 5.35. The maximum atomic E-state index is 10.8. The molecular formula is C11H9ClN2OS. The van der Waals surface area contributed by atoms with Crippen LogP contribution in [0.5, 0.6) is 0 Å². The Hall–Kier alpha value is -1.13. The topological polar surface area (TPSA) is 34.9 Å². The van der Waals surface area contributed by atoms with Gasteiger partial charge in [-0.05, 0) is 18.9 Å². The molecule has 2 aromatic heterocycles. The average molecular weight is 253 g/mol. The number of fused-ring (bicyclic) bond motifs is 3. The molecule has 16 heavy (non-hydrogen) atoms. The highest BCUT2D eigenvalue weighted by atomic mass is 35.5. The number of nitrogens with zero attached hydrogens (tertiary/aromatic N) is 2. The lowest BCUT2D eigenvalue weighted by atomic mass is 10.1. The largest absolute Gasteiger partial charge is 0.297 e. The van der Waals surface area contributed by atoms with E-state index < -0.39 is 0 Å². The van der Waals surface area contributed by atoms with Gasteiger partial charge in [0.15, 0.2) is 6.29 Å². The number of hydrogen-bond acceptors (Lipinski definition) is 3. The third-order valence-corrected chi connectivity index (χ3v) is 4.16. The Morgan fingerprint density at radius 1 is 1.56 bits per heavy atom. The summed E-state index contributed by atoms with van der Waals surface area (Å²) in [4.78, 5) is 12.8. The van der Waals surface area contributed by atoms with Gasteiger partial charge in [0.2, 0.25) is 0 Å². The molecule has 0 fully saturated rings. The number of carbonyl (C=O) groups is 1. The quantitative estimate of drug-likeness (QED) is 0.732. The number of carbonyl (C=O) groups excluding carboxylic acids is 1. The van der Waals surface area contributed by atoms with E-state index in [-0.39, 0.29) is 0 Å². The summed E-state index contributed by atoms with van der Waals surface area (Å²) in [5.41, 5.74) is 2.03. The van der Waals surface area contributed by atoms with E-state index in [4.69, 9.17) is 11.6 Å². The summed E-state index contributed by atoms with van der Waals surface area (Å²) in [6.07, 6.45) is 4.60. The van der Waals surface area contributed by atoms with Crippen molar-refractivity contribution in [3.05, 3.63) is 27.0 Å². The summed E-state index contributed by atoms with van der Waals surface area (Å²) in [6.45, 7) is 0.889. The lowest BCUT2D eigenvalue weighted by molar-refractivity contribution is 0.112. The molecule has 1 aliphatic rings. The van der Waals surface area contributed by atoms with Crippen molar-refractivity contribution in [3.63, 3.8) is 0 Å². The Balaban J connectivity index is 2.26. The van der Waals surface area contributed by atoms with Gasteiger partial charge in [-0.1, -0.05) is 11.6 Å². The number of aromatic nitrogens is 2. The molecule has 3 rings (SSSR count). The van der Waals surface area contributed by atoms with Gasteiger partial charge in [0.25, 0.3) is 0 Å². The molecule has 5 heteroatoms. The van der Waals surface area contributed by atoms with Crippen molar-refractivity contribution < 1.29 is 4.79 Å². The summed E-state index contributed by atoms with van der Waals surface area (Å²) in [7, 11) is 0. The molecule has 3 heterocycles. The van der Waals surface area contributed by atoms with Crippen LogP contribution in [0.3, 0.4) is 0 Å². The minimum atomic E-state index is 0.665. The van der Waals surface area contributed by atoms with Gasteiger partial charge in [0.1, 0.15) is 0 Å². The normalized spacial score (nSPS) is 14.1. The molecule has 0 saturated heterocycles. The van der Waals surface area contributed by atoms with Gasteiger partial charge in [0, 0.05) is 17.0 Å². The molecule has 0 radical (unpaired) electrons. The molecule has 0 aromatic carbocycles. The summed E-state index contributed by atoms with van der Waals surface area (Å²) in [5, 5.41) is 4.92. The van der Waals surface area contributed by atoms with Crippen molar-refractivity contribution in [1.82, 2.24) is 9.78 Å². The summed E-state index contributed by atoms with van der Waals surface area (Å²) in [5.74, 6) is 0. The summed E-state index contributed by atoms with van der Waals surface area (Å²) >= 11 is 7.70. The van der Waals surface area contributed by atoms with Crippen LogP contribution in [0.4, 0.5) is 0 Å². The van der Waals surface area contributed by atoms with Crippen molar-refractivity contribution >= 4 is 29.2 Å². The first-order valence-electron chi connectivity index (χ1n) is 5.09. The molecule has 0 bridgehead atoms. The minimum Gasteiger partial charge on any atom is -0.297 e. The van der Waals surface area contributed by atoms with E-state index in [0.717, 1.165) is 41.8 Å². The molecular weight excluding hydrogens is 244 g/mol. The first-order chi connectivity index (χ1) is 7.79. The lowest BCUT2D eigenvalue weighted by Crippen LogP contribution is -1.99. The zero-order valence-electron chi connectivity index (χ0n) is 8.44. The van der Waals surface area contributed by atoms with Gasteiger partial charge >= 0.3 is 0 Å². The van der Waals surface area contributed by atoms with Crippen LogP contribution in [-0.4, -0.2) is 16.1 Å². The van der Waals surface area contributed by atoms with E-state index in [1.807, 2.05) is 10.7 Å². The second kappa shape index (κ2) is 3.71. The van der Waals surface area contributed by atoms with Crippen molar-refractivity contribution in [3.8, 4) is 11.3 Å². The van der Waals surface area contributed by atoms with E-state index in [2.05, 4.69) is 5.10 Å². The summed E-state index contributed by atoms with van der Waals surface area (Å²) in [6, 6.07) is 1.91. The van der Waals surface area contributed by atoms with Crippen LogP contribution in [0.15, 0.2) is 12.3 Å². The van der Waals surface area contributed by atoms with Crippen molar-refractivity contribution in [2.24, 2.45) is 0 Å². The first kappa shape index (κ1) is 10.1. The maximum Gasteiger partial charge on any atom is 0.160 e. The van der Waals surface area contributed by atoms with Crippen molar-refractivity contribution in [2.75, 3.05) is 0 Å². The van der Waals surface area contributed by atoms with Crippen molar-refractivity contribution in [1.29, 1.82) is 0 Å². The third kappa shape index (κ3) is 1.41. The number of halogens is 1. The van der Waals surface area contributed by atoms with E-state index in [1.165, 1.54) is 4.88 Å². The predicted octanol–water partition coefficient (Wildman–Crippen LogP) is 3.02. The van der Waals surface area contributed by atoms with Crippen LogP contribution in [0, 0.1) is 0 Å². The fourth-order valence-electron chi connectivity index (χ4n) is 2.08. The lowest BCUT2D eigenvalue weighted by Gasteiger charge is -2.01.